The quantitative estimate of drug-likeness (QED) is 0.367. The smallest absolute Gasteiger partial charge is 0.324 e. The zero-order valence-electron chi connectivity index (χ0n) is 16.2. The summed E-state index contributed by atoms with van der Waals surface area (Å²) < 4.78 is 1.02. The summed E-state index contributed by atoms with van der Waals surface area (Å²) in [5.41, 5.74) is 8.93. The maximum Gasteiger partial charge on any atom is 0.324 e. The highest BCUT2D eigenvalue weighted by atomic mass is 32.1. The van der Waals surface area contributed by atoms with Gasteiger partial charge in [-0.15, -0.1) is 0 Å². The molecule has 150 valence electrons. The third-order valence-corrected chi connectivity index (χ3v) is 5.38. The lowest BCUT2D eigenvalue weighted by Crippen LogP contribution is -2.45. The number of hydrogen-bond donors (Lipinski definition) is 2. The van der Waals surface area contributed by atoms with Gasteiger partial charge in [0.15, 0.2) is 0 Å². The van der Waals surface area contributed by atoms with Gasteiger partial charge in [-0.05, 0) is 23.3 Å². The number of amides is 2. The number of nitrogens with one attached hydrogen (secondary N) is 1. The molecular weight excluding hydrogens is 394 g/mol. The van der Waals surface area contributed by atoms with Gasteiger partial charge in [0.2, 0.25) is 11.1 Å². The molecule has 0 unspecified atom stereocenters. The molecule has 0 radical (unpaired) electrons. The first-order valence-electron chi connectivity index (χ1n) is 9.51. The molecule has 3 N–H and O–H groups in total. The first-order valence-corrected chi connectivity index (χ1v) is 10.3. The molecular formula is C23H21N5OS. The second-order valence-electron chi connectivity index (χ2n) is 6.72. The van der Waals surface area contributed by atoms with Crippen LogP contribution in [0.5, 0.6) is 0 Å². The molecule has 3 aromatic carbocycles. The monoisotopic (exact) mass is 415 g/mol. The van der Waals surface area contributed by atoms with Crippen molar-refractivity contribution in [1.82, 2.24) is 15.2 Å². The van der Waals surface area contributed by atoms with Crippen LogP contribution in [0.25, 0.3) is 10.2 Å². The Balaban J connectivity index is 1.51. The molecule has 7 heteroatoms. The normalized spacial score (nSPS) is 11.4. The molecule has 4 aromatic rings. The summed E-state index contributed by atoms with van der Waals surface area (Å²) in [6.07, 6.45) is 0. The number of urea groups is 1. The number of aromatic nitrogens is 1. The number of rotatable bonds is 5. The van der Waals surface area contributed by atoms with E-state index in [1.54, 1.807) is 4.90 Å². The fourth-order valence-electron chi connectivity index (χ4n) is 3.03. The maximum atomic E-state index is 13.0. The van der Waals surface area contributed by atoms with Crippen molar-refractivity contribution in [2.75, 3.05) is 0 Å². The average Bonchev–Trinajstić information content (AvgIpc) is 3.17. The van der Waals surface area contributed by atoms with Crippen LogP contribution in [-0.2, 0) is 13.1 Å². The molecule has 0 bridgehead atoms. The molecule has 0 saturated heterocycles. The van der Waals surface area contributed by atoms with E-state index in [0.717, 1.165) is 21.3 Å². The number of para-hydroxylation sites is 1. The molecule has 0 atom stereocenters. The Morgan fingerprint density at radius 3 is 2.07 bits per heavy atom. The SMILES string of the molecule is N/C(=N\c1nc2ccccc2s1)NC(=O)N(Cc1ccccc1)Cc1ccccc1. The Hall–Kier alpha value is -3.71. The first kappa shape index (κ1) is 19.6. The van der Waals surface area contributed by atoms with Crippen molar-refractivity contribution in [1.29, 1.82) is 0 Å². The highest BCUT2D eigenvalue weighted by molar-refractivity contribution is 7.22. The summed E-state index contributed by atoms with van der Waals surface area (Å²) in [5, 5.41) is 3.20. The fourth-order valence-corrected chi connectivity index (χ4v) is 3.88. The predicted molar refractivity (Wildman–Crippen MR) is 122 cm³/mol. The van der Waals surface area contributed by atoms with E-state index in [0.29, 0.717) is 18.2 Å². The van der Waals surface area contributed by atoms with Gasteiger partial charge in [0.1, 0.15) is 0 Å². The minimum absolute atomic E-state index is 0.0187. The molecule has 0 spiro atoms. The van der Waals surface area contributed by atoms with Crippen molar-refractivity contribution in [2.24, 2.45) is 10.7 Å². The predicted octanol–water partition coefficient (Wildman–Crippen LogP) is 4.65. The van der Waals surface area contributed by atoms with Gasteiger partial charge in [-0.3, -0.25) is 5.32 Å². The van der Waals surface area contributed by atoms with E-state index in [4.69, 9.17) is 5.73 Å². The van der Waals surface area contributed by atoms with Gasteiger partial charge in [-0.25, -0.2) is 9.78 Å². The summed E-state index contributed by atoms with van der Waals surface area (Å²) in [4.78, 5) is 23.4. The molecule has 0 saturated carbocycles. The van der Waals surface area contributed by atoms with Crippen LogP contribution >= 0.6 is 11.3 Å². The zero-order valence-corrected chi connectivity index (χ0v) is 17.0. The molecule has 1 aromatic heterocycles. The van der Waals surface area contributed by atoms with Gasteiger partial charge >= 0.3 is 6.03 Å². The standard InChI is InChI=1S/C23H21N5OS/c24-21(26-22-25-19-13-7-8-14-20(19)30-22)27-23(29)28(15-17-9-3-1-4-10-17)16-18-11-5-2-6-12-18/h1-14H,15-16H2,(H3,24,25,26,27,29). The minimum Gasteiger partial charge on any atom is -0.369 e. The number of carbonyl (C=O) groups is 1. The first-order chi connectivity index (χ1) is 14.7. The lowest BCUT2D eigenvalue weighted by Gasteiger charge is -2.23. The van der Waals surface area contributed by atoms with E-state index in [1.807, 2.05) is 84.9 Å². The molecule has 0 fully saturated rings. The third kappa shape index (κ3) is 5.01. The van der Waals surface area contributed by atoms with Gasteiger partial charge in [0, 0.05) is 13.1 Å². The molecule has 6 nitrogen and oxygen atoms in total. The highest BCUT2D eigenvalue weighted by Gasteiger charge is 2.16. The fraction of sp³-hybridized carbons (Fsp3) is 0.0870. The zero-order chi connectivity index (χ0) is 20.8. The summed E-state index contributed by atoms with van der Waals surface area (Å²) in [7, 11) is 0. The molecule has 1 heterocycles. The minimum atomic E-state index is -0.315. The largest absolute Gasteiger partial charge is 0.369 e. The number of benzene rings is 3. The number of aliphatic imine (C=N–C) groups is 1. The Bertz CT molecular complexity index is 1080. The van der Waals surface area contributed by atoms with Crippen molar-refractivity contribution in [3.63, 3.8) is 0 Å². The summed E-state index contributed by atoms with van der Waals surface area (Å²) in [5.74, 6) is 0.0187. The molecule has 0 aliphatic heterocycles. The van der Waals surface area contributed by atoms with Crippen LogP contribution in [0.4, 0.5) is 9.93 Å². The van der Waals surface area contributed by atoms with E-state index >= 15 is 0 Å². The lowest BCUT2D eigenvalue weighted by molar-refractivity contribution is 0.197. The van der Waals surface area contributed by atoms with E-state index in [-0.39, 0.29) is 12.0 Å². The molecule has 2 amide bonds. The van der Waals surface area contributed by atoms with Gasteiger partial charge in [0.05, 0.1) is 10.2 Å². The van der Waals surface area contributed by atoms with E-state index in [2.05, 4.69) is 15.3 Å². The van der Waals surface area contributed by atoms with Crippen molar-refractivity contribution in [3.8, 4) is 0 Å². The van der Waals surface area contributed by atoms with Crippen molar-refractivity contribution < 1.29 is 4.79 Å². The Morgan fingerprint density at radius 1 is 0.900 bits per heavy atom. The van der Waals surface area contributed by atoms with Gasteiger partial charge in [-0.1, -0.05) is 84.1 Å². The van der Waals surface area contributed by atoms with Crippen molar-refractivity contribution in [2.45, 2.75) is 13.1 Å². The van der Waals surface area contributed by atoms with Crippen LogP contribution in [-0.4, -0.2) is 21.9 Å². The molecule has 0 aliphatic rings. The second kappa shape index (κ2) is 9.19. The number of thiazole rings is 1. The molecule has 0 aliphatic carbocycles. The number of carbonyl (C=O) groups excluding carboxylic acids is 1. The number of nitrogens with two attached hydrogens (primary N) is 1. The molecule has 30 heavy (non-hydrogen) atoms. The Morgan fingerprint density at radius 2 is 1.47 bits per heavy atom. The number of nitrogens with zero attached hydrogens (tertiary/aromatic N) is 3. The summed E-state index contributed by atoms with van der Waals surface area (Å²) in [6, 6.07) is 27.1. The summed E-state index contributed by atoms with van der Waals surface area (Å²) in [6.45, 7) is 0.909. The highest BCUT2D eigenvalue weighted by Crippen LogP contribution is 2.27. The second-order valence-corrected chi connectivity index (χ2v) is 7.73. The van der Waals surface area contributed by atoms with E-state index in [1.165, 1.54) is 11.3 Å². The van der Waals surface area contributed by atoms with Crippen LogP contribution in [0, 0.1) is 0 Å². The topological polar surface area (TPSA) is 83.6 Å². The van der Waals surface area contributed by atoms with Crippen molar-refractivity contribution in [3.05, 3.63) is 96.1 Å². The maximum absolute atomic E-state index is 13.0. The van der Waals surface area contributed by atoms with Gasteiger partial charge in [0.25, 0.3) is 0 Å². The van der Waals surface area contributed by atoms with E-state index in [9.17, 15) is 4.79 Å². The molecule has 4 rings (SSSR count). The Kier molecular flexibility index (Phi) is 6.01. The van der Waals surface area contributed by atoms with Crippen LogP contribution in [0.3, 0.4) is 0 Å². The number of hydrogen-bond acceptors (Lipinski definition) is 4. The van der Waals surface area contributed by atoms with Crippen LogP contribution < -0.4 is 11.1 Å². The van der Waals surface area contributed by atoms with Gasteiger partial charge < -0.3 is 10.6 Å². The van der Waals surface area contributed by atoms with E-state index < -0.39 is 0 Å². The van der Waals surface area contributed by atoms with Crippen LogP contribution in [0.1, 0.15) is 11.1 Å². The third-order valence-electron chi connectivity index (χ3n) is 4.45. The van der Waals surface area contributed by atoms with Crippen LogP contribution in [0.2, 0.25) is 0 Å². The van der Waals surface area contributed by atoms with Crippen LogP contribution in [0.15, 0.2) is 89.9 Å². The lowest BCUT2D eigenvalue weighted by atomic mass is 10.2. The summed E-state index contributed by atoms with van der Waals surface area (Å²) >= 11 is 1.42. The number of fused-ring (bicyclic) bond motifs is 1. The number of guanidine groups is 1. The average molecular weight is 416 g/mol. The van der Waals surface area contributed by atoms with Crippen molar-refractivity contribution >= 4 is 38.7 Å². The van der Waals surface area contributed by atoms with Gasteiger partial charge in [-0.2, -0.15) is 4.99 Å². The Labute approximate surface area is 178 Å².